The maximum Gasteiger partial charge on any atom is 0.289 e. The highest BCUT2D eigenvalue weighted by Gasteiger charge is 2.43. The predicted molar refractivity (Wildman–Crippen MR) is 99.7 cm³/mol. The lowest BCUT2D eigenvalue weighted by atomic mass is 10.0. The van der Waals surface area contributed by atoms with E-state index in [2.05, 4.69) is 0 Å². The first-order valence-electron chi connectivity index (χ1n) is 8.88. The minimum Gasteiger partial charge on any atom is -0.459 e. The van der Waals surface area contributed by atoms with Crippen LogP contribution < -0.4 is 5.73 Å². The first-order valence-corrected chi connectivity index (χ1v) is 8.88. The van der Waals surface area contributed by atoms with Crippen LogP contribution in [0.2, 0.25) is 0 Å². The predicted octanol–water partition coefficient (Wildman–Crippen LogP) is 0.981. The van der Waals surface area contributed by atoms with Gasteiger partial charge in [-0.25, -0.2) is 0 Å². The van der Waals surface area contributed by atoms with Gasteiger partial charge in [-0.15, -0.1) is 0 Å². The molecule has 1 aliphatic heterocycles. The van der Waals surface area contributed by atoms with Gasteiger partial charge in [0.25, 0.3) is 17.7 Å². The maximum atomic E-state index is 13.0. The highest BCUT2D eigenvalue weighted by Crippen LogP contribution is 2.29. The average Bonchev–Trinajstić information content (AvgIpc) is 3.31. The molecule has 0 bridgehead atoms. The zero-order valence-electron chi connectivity index (χ0n) is 15.7. The number of rotatable bonds is 8. The van der Waals surface area contributed by atoms with Crippen LogP contribution >= 0.6 is 0 Å². The number of primary amides is 1. The second-order valence-electron chi connectivity index (χ2n) is 6.62. The summed E-state index contributed by atoms with van der Waals surface area (Å²) < 4.78 is 5.10. The van der Waals surface area contributed by atoms with Crippen molar-refractivity contribution in [1.29, 1.82) is 0 Å². The monoisotopic (exact) mass is 397 g/mol. The Kier molecular flexibility index (Phi) is 5.58. The molecule has 2 N–H and O–H groups in total. The quantitative estimate of drug-likeness (QED) is 0.522. The van der Waals surface area contributed by atoms with E-state index < -0.39 is 23.8 Å². The van der Waals surface area contributed by atoms with E-state index in [1.807, 2.05) is 0 Å². The number of aldehydes is 1. The number of amides is 4. The number of hydrogen-bond donors (Lipinski definition) is 1. The van der Waals surface area contributed by atoms with Crippen LogP contribution in [-0.4, -0.2) is 52.8 Å². The molecule has 1 aromatic heterocycles. The Balaban J connectivity index is 1.91. The molecule has 1 aliphatic rings. The number of carbonyl (C=O) groups excluding carboxylic acids is 5. The van der Waals surface area contributed by atoms with Gasteiger partial charge < -0.3 is 19.8 Å². The summed E-state index contributed by atoms with van der Waals surface area (Å²) in [6.45, 7) is 0.0468. The van der Waals surface area contributed by atoms with Gasteiger partial charge in [0.2, 0.25) is 5.91 Å². The molecule has 0 saturated heterocycles. The van der Waals surface area contributed by atoms with Gasteiger partial charge in [0, 0.05) is 20.0 Å². The van der Waals surface area contributed by atoms with Gasteiger partial charge >= 0.3 is 0 Å². The van der Waals surface area contributed by atoms with Crippen molar-refractivity contribution in [3.05, 3.63) is 59.0 Å². The van der Waals surface area contributed by atoms with E-state index >= 15 is 0 Å². The Labute approximate surface area is 166 Å². The fourth-order valence-corrected chi connectivity index (χ4v) is 3.33. The lowest BCUT2D eigenvalue weighted by molar-refractivity contribution is -0.122. The summed E-state index contributed by atoms with van der Waals surface area (Å²) in [6, 6.07) is 6.59. The summed E-state index contributed by atoms with van der Waals surface area (Å²) >= 11 is 0. The van der Waals surface area contributed by atoms with Gasteiger partial charge in [0.15, 0.2) is 5.76 Å². The molecule has 29 heavy (non-hydrogen) atoms. The summed E-state index contributed by atoms with van der Waals surface area (Å²) in [4.78, 5) is 62.9. The van der Waals surface area contributed by atoms with Crippen LogP contribution in [0.5, 0.6) is 0 Å². The molecule has 0 aliphatic carbocycles. The van der Waals surface area contributed by atoms with E-state index in [0.717, 1.165) is 4.90 Å². The molecule has 150 valence electrons. The number of furan rings is 1. The van der Waals surface area contributed by atoms with Crippen LogP contribution in [-0.2, 0) is 16.1 Å². The molecule has 0 spiro atoms. The lowest BCUT2D eigenvalue weighted by Crippen LogP contribution is -2.47. The van der Waals surface area contributed by atoms with Crippen molar-refractivity contribution in [2.24, 2.45) is 5.73 Å². The molecule has 0 radical (unpaired) electrons. The standard InChI is InChI=1S/C20H19N3O6/c1-22(19(27)15-8-4-10-29-15)11-12-5-2-6-13-16(12)20(28)23(18(13)26)14(17(21)25)7-3-9-24/h2,4-6,8-10,14H,3,7,11H2,1H3,(H2,21,25). The van der Waals surface area contributed by atoms with Gasteiger partial charge in [-0.3, -0.25) is 24.1 Å². The molecule has 1 atom stereocenters. The molecule has 9 heteroatoms. The third kappa shape index (κ3) is 3.66. The molecule has 2 heterocycles. The smallest absolute Gasteiger partial charge is 0.289 e. The molecule has 1 aromatic carbocycles. The van der Waals surface area contributed by atoms with Crippen molar-refractivity contribution < 1.29 is 28.4 Å². The third-order valence-corrected chi connectivity index (χ3v) is 4.72. The van der Waals surface area contributed by atoms with E-state index in [9.17, 15) is 24.0 Å². The molecule has 3 rings (SSSR count). The van der Waals surface area contributed by atoms with E-state index in [4.69, 9.17) is 10.2 Å². The topological polar surface area (TPSA) is 131 Å². The Morgan fingerprint density at radius 3 is 2.59 bits per heavy atom. The van der Waals surface area contributed by atoms with Gasteiger partial charge in [-0.2, -0.15) is 0 Å². The largest absolute Gasteiger partial charge is 0.459 e. The Hall–Kier alpha value is -3.75. The molecule has 9 nitrogen and oxygen atoms in total. The number of imide groups is 1. The fourth-order valence-electron chi connectivity index (χ4n) is 3.33. The molecule has 0 fully saturated rings. The highest BCUT2D eigenvalue weighted by atomic mass is 16.3. The molecule has 1 unspecified atom stereocenters. The van der Waals surface area contributed by atoms with Crippen molar-refractivity contribution in [3.8, 4) is 0 Å². The molecular formula is C20H19N3O6. The zero-order valence-corrected chi connectivity index (χ0v) is 15.7. The maximum absolute atomic E-state index is 13.0. The number of fused-ring (bicyclic) bond motifs is 1. The Morgan fingerprint density at radius 2 is 1.97 bits per heavy atom. The summed E-state index contributed by atoms with van der Waals surface area (Å²) in [5.41, 5.74) is 6.06. The van der Waals surface area contributed by atoms with Crippen LogP contribution in [0.3, 0.4) is 0 Å². The van der Waals surface area contributed by atoms with E-state index in [1.54, 1.807) is 25.2 Å². The van der Waals surface area contributed by atoms with Crippen LogP contribution in [0.15, 0.2) is 41.0 Å². The van der Waals surface area contributed by atoms with Crippen molar-refractivity contribution >= 4 is 29.9 Å². The van der Waals surface area contributed by atoms with Gasteiger partial charge in [0.1, 0.15) is 12.3 Å². The minimum atomic E-state index is -1.22. The van der Waals surface area contributed by atoms with Gasteiger partial charge in [0.05, 0.1) is 17.4 Å². The lowest BCUT2D eigenvalue weighted by Gasteiger charge is -2.23. The number of hydrogen-bond acceptors (Lipinski definition) is 6. The fraction of sp³-hybridized carbons (Fsp3) is 0.250. The van der Waals surface area contributed by atoms with Crippen molar-refractivity contribution in [2.45, 2.75) is 25.4 Å². The van der Waals surface area contributed by atoms with Gasteiger partial charge in [-0.05, 0) is 30.2 Å². The van der Waals surface area contributed by atoms with Crippen LogP contribution in [0.25, 0.3) is 0 Å². The van der Waals surface area contributed by atoms with E-state index in [1.165, 1.54) is 23.3 Å². The Bertz CT molecular complexity index is 982. The number of nitrogens with two attached hydrogens (primary N) is 1. The van der Waals surface area contributed by atoms with Crippen LogP contribution in [0.4, 0.5) is 0 Å². The minimum absolute atomic E-state index is 0.0196. The normalized spacial score (nSPS) is 13.9. The number of nitrogens with zero attached hydrogens (tertiary/aromatic N) is 2. The van der Waals surface area contributed by atoms with Crippen LogP contribution in [0, 0.1) is 0 Å². The number of benzene rings is 1. The van der Waals surface area contributed by atoms with Crippen molar-refractivity contribution in [3.63, 3.8) is 0 Å². The average molecular weight is 397 g/mol. The van der Waals surface area contributed by atoms with Crippen molar-refractivity contribution in [1.82, 2.24) is 9.80 Å². The molecule has 0 saturated carbocycles. The molecule has 2 aromatic rings. The van der Waals surface area contributed by atoms with Crippen LogP contribution in [0.1, 0.15) is 49.7 Å². The summed E-state index contributed by atoms with van der Waals surface area (Å²) in [5, 5.41) is 0. The molecular weight excluding hydrogens is 378 g/mol. The summed E-state index contributed by atoms with van der Waals surface area (Å²) in [6.07, 6.45) is 1.91. The molecule has 4 amide bonds. The Morgan fingerprint density at radius 1 is 1.21 bits per heavy atom. The van der Waals surface area contributed by atoms with Gasteiger partial charge in [-0.1, -0.05) is 12.1 Å². The second-order valence-corrected chi connectivity index (χ2v) is 6.62. The van der Waals surface area contributed by atoms with E-state index in [-0.39, 0.29) is 42.2 Å². The third-order valence-electron chi connectivity index (χ3n) is 4.72. The first-order chi connectivity index (χ1) is 13.9. The van der Waals surface area contributed by atoms with Crippen molar-refractivity contribution in [2.75, 3.05) is 7.05 Å². The second kappa shape index (κ2) is 8.09. The highest BCUT2D eigenvalue weighted by molar-refractivity contribution is 6.23. The first kappa shape index (κ1) is 20.0. The SMILES string of the molecule is CN(Cc1cccc2c1C(=O)N(C(CCC=O)C(N)=O)C2=O)C(=O)c1ccco1. The summed E-state index contributed by atoms with van der Waals surface area (Å²) in [5.74, 6) is -2.43. The number of carbonyl (C=O) groups is 5. The zero-order chi connectivity index (χ0) is 21.1. The summed E-state index contributed by atoms with van der Waals surface area (Å²) in [7, 11) is 1.54. The van der Waals surface area contributed by atoms with E-state index in [0.29, 0.717) is 11.8 Å².